The molecule has 0 atom stereocenters. The number of aryl methyl sites for hydroxylation is 1. The number of benzene rings is 1. The summed E-state index contributed by atoms with van der Waals surface area (Å²) in [5.74, 6) is -0.443. The van der Waals surface area contributed by atoms with E-state index in [9.17, 15) is 18.0 Å². The topological polar surface area (TPSA) is 51.2 Å². The number of nitrogens with zero attached hydrogens (tertiary/aromatic N) is 1. The predicted octanol–water partition coefficient (Wildman–Crippen LogP) is 3.54. The minimum Gasteiger partial charge on any atom is -0.406 e. The summed E-state index contributed by atoms with van der Waals surface area (Å²) >= 11 is 0. The number of alkyl halides is 3. The molecule has 2 aromatic rings. The molecule has 4 nitrogen and oxygen atoms in total. The van der Waals surface area contributed by atoms with Crippen molar-refractivity contribution in [1.29, 1.82) is 0 Å². The summed E-state index contributed by atoms with van der Waals surface area (Å²) in [4.78, 5) is 16.0. The number of nitrogens with one attached hydrogen (secondary N) is 1. The van der Waals surface area contributed by atoms with E-state index in [1.807, 2.05) is 0 Å². The molecule has 1 amide bonds. The molecule has 1 aromatic heterocycles. The molecule has 2 rings (SSSR count). The van der Waals surface area contributed by atoms with Crippen LogP contribution in [0.15, 0.2) is 42.6 Å². The standard InChI is InChI=1S/C14H11F3N2O2/c1-9-3-2-8-18-12(9)19-13(20)10-4-6-11(7-5-10)21-14(15,16)17/h2-8H,1H3,(H,18,19,20). The first kappa shape index (κ1) is 14.8. The first-order chi connectivity index (χ1) is 9.85. The lowest BCUT2D eigenvalue weighted by Crippen LogP contribution is -2.17. The van der Waals surface area contributed by atoms with Gasteiger partial charge in [0.05, 0.1) is 0 Å². The molecule has 0 fully saturated rings. The zero-order chi connectivity index (χ0) is 15.5. The highest BCUT2D eigenvalue weighted by Crippen LogP contribution is 2.23. The second-order valence-electron chi connectivity index (χ2n) is 4.20. The van der Waals surface area contributed by atoms with Crippen LogP contribution in [0.3, 0.4) is 0 Å². The minimum absolute atomic E-state index is 0.203. The lowest BCUT2D eigenvalue weighted by atomic mass is 10.2. The molecule has 7 heteroatoms. The Morgan fingerprint density at radius 2 is 1.86 bits per heavy atom. The van der Waals surface area contributed by atoms with Gasteiger partial charge in [-0.25, -0.2) is 4.98 Å². The van der Waals surface area contributed by atoms with E-state index in [-0.39, 0.29) is 11.3 Å². The molecule has 21 heavy (non-hydrogen) atoms. The molecule has 0 aliphatic carbocycles. The fraction of sp³-hybridized carbons (Fsp3) is 0.143. The van der Waals surface area contributed by atoms with Crippen molar-refractivity contribution in [1.82, 2.24) is 4.98 Å². The smallest absolute Gasteiger partial charge is 0.406 e. The van der Waals surface area contributed by atoms with Gasteiger partial charge in [-0.1, -0.05) is 6.07 Å². The Balaban J connectivity index is 2.08. The maximum atomic E-state index is 12.0. The zero-order valence-electron chi connectivity index (χ0n) is 10.9. The fourth-order valence-electron chi connectivity index (χ4n) is 1.60. The van der Waals surface area contributed by atoms with Crippen LogP contribution in [0.25, 0.3) is 0 Å². The normalized spacial score (nSPS) is 11.0. The van der Waals surface area contributed by atoms with E-state index in [4.69, 9.17) is 0 Å². The van der Waals surface area contributed by atoms with Gasteiger partial charge in [-0.3, -0.25) is 4.79 Å². The van der Waals surface area contributed by atoms with Crippen LogP contribution in [0.1, 0.15) is 15.9 Å². The summed E-state index contributed by atoms with van der Waals surface area (Å²) < 4.78 is 39.8. The van der Waals surface area contributed by atoms with Crippen LogP contribution in [0.2, 0.25) is 0 Å². The molecule has 0 spiro atoms. The number of aromatic nitrogens is 1. The van der Waals surface area contributed by atoms with Crippen LogP contribution in [-0.2, 0) is 0 Å². The van der Waals surface area contributed by atoms with E-state index >= 15 is 0 Å². The summed E-state index contributed by atoms with van der Waals surface area (Å²) in [6.45, 7) is 1.78. The molecule has 0 radical (unpaired) electrons. The average Bonchev–Trinajstić information content (AvgIpc) is 2.40. The SMILES string of the molecule is Cc1cccnc1NC(=O)c1ccc(OC(F)(F)F)cc1. The second kappa shape index (κ2) is 5.82. The molecule has 0 saturated heterocycles. The number of anilines is 1. The maximum absolute atomic E-state index is 12.0. The average molecular weight is 296 g/mol. The van der Waals surface area contributed by atoms with Crippen LogP contribution in [0.4, 0.5) is 19.0 Å². The Labute approximate surface area is 118 Å². The Morgan fingerprint density at radius 3 is 2.43 bits per heavy atom. The molecular weight excluding hydrogens is 285 g/mol. The van der Waals surface area contributed by atoms with Gasteiger partial charge >= 0.3 is 6.36 Å². The Morgan fingerprint density at radius 1 is 1.19 bits per heavy atom. The molecule has 0 saturated carbocycles. The van der Waals surface area contributed by atoms with Crippen molar-refractivity contribution in [2.45, 2.75) is 13.3 Å². The van der Waals surface area contributed by atoms with Gasteiger partial charge in [0.25, 0.3) is 5.91 Å². The van der Waals surface area contributed by atoms with Gasteiger partial charge in [0.1, 0.15) is 11.6 Å². The van der Waals surface area contributed by atoms with Gasteiger partial charge in [-0.15, -0.1) is 13.2 Å². The first-order valence-corrected chi connectivity index (χ1v) is 5.94. The third kappa shape index (κ3) is 4.20. The summed E-state index contributed by atoms with van der Waals surface area (Å²) in [6, 6.07) is 8.15. The van der Waals surface area contributed by atoms with E-state index in [2.05, 4.69) is 15.0 Å². The Bertz CT molecular complexity index is 639. The first-order valence-electron chi connectivity index (χ1n) is 5.94. The monoisotopic (exact) mass is 296 g/mol. The van der Waals surface area contributed by atoms with Gasteiger partial charge in [0.2, 0.25) is 0 Å². The van der Waals surface area contributed by atoms with E-state index in [0.29, 0.717) is 5.82 Å². The van der Waals surface area contributed by atoms with Crippen LogP contribution in [0, 0.1) is 6.92 Å². The number of carbonyl (C=O) groups is 1. The van der Waals surface area contributed by atoms with Crippen molar-refractivity contribution < 1.29 is 22.7 Å². The van der Waals surface area contributed by atoms with Crippen molar-refractivity contribution in [3.8, 4) is 5.75 Å². The molecule has 1 aromatic carbocycles. The van der Waals surface area contributed by atoms with E-state index in [0.717, 1.165) is 17.7 Å². The number of pyridine rings is 1. The van der Waals surface area contributed by atoms with Crippen molar-refractivity contribution in [2.75, 3.05) is 5.32 Å². The maximum Gasteiger partial charge on any atom is 0.573 e. The van der Waals surface area contributed by atoms with Gasteiger partial charge in [-0.05, 0) is 42.8 Å². The molecular formula is C14H11F3N2O2. The Hall–Kier alpha value is -2.57. The lowest BCUT2D eigenvalue weighted by molar-refractivity contribution is -0.274. The largest absolute Gasteiger partial charge is 0.573 e. The number of ether oxygens (including phenoxy) is 1. The molecule has 1 heterocycles. The quantitative estimate of drug-likeness (QED) is 0.942. The minimum atomic E-state index is -4.76. The molecule has 110 valence electrons. The van der Waals surface area contributed by atoms with E-state index in [1.54, 1.807) is 19.1 Å². The van der Waals surface area contributed by atoms with E-state index < -0.39 is 12.3 Å². The van der Waals surface area contributed by atoms with Crippen LogP contribution >= 0.6 is 0 Å². The number of halogens is 3. The molecule has 1 N–H and O–H groups in total. The van der Waals surface area contributed by atoms with Crippen LogP contribution in [0.5, 0.6) is 5.75 Å². The molecule has 0 unspecified atom stereocenters. The molecule has 0 bridgehead atoms. The predicted molar refractivity (Wildman–Crippen MR) is 70.1 cm³/mol. The summed E-state index contributed by atoms with van der Waals surface area (Å²) in [5, 5.41) is 2.58. The number of amides is 1. The third-order valence-electron chi connectivity index (χ3n) is 2.59. The van der Waals surface area contributed by atoms with Gasteiger partial charge < -0.3 is 10.1 Å². The number of rotatable bonds is 3. The van der Waals surface area contributed by atoms with Gasteiger partial charge in [0, 0.05) is 11.8 Å². The summed E-state index contributed by atoms with van der Waals surface area (Å²) in [6.07, 6.45) is -3.22. The van der Waals surface area contributed by atoms with E-state index in [1.165, 1.54) is 18.3 Å². The van der Waals surface area contributed by atoms with Crippen LogP contribution < -0.4 is 10.1 Å². The highest BCUT2D eigenvalue weighted by molar-refractivity contribution is 6.04. The molecule has 0 aliphatic heterocycles. The van der Waals surface area contributed by atoms with Crippen molar-refractivity contribution in [2.24, 2.45) is 0 Å². The summed E-state index contributed by atoms with van der Waals surface area (Å²) in [5.41, 5.74) is 0.984. The van der Waals surface area contributed by atoms with Crippen LogP contribution in [-0.4, -0.2) is 17.3 Å². The second-order valence-corrected chi connectivity index (χ2v) is 4.20. The third-order valence-corrected chi connectivity index (χ3v) is 2.59. The van der Waals surface area contributed by atoms with Crippen molar-refractivity contribution >= 4 is 11.7 Å². The van der Waals surface area contributed by atoms with Gasteiger partial charge in [0.15, 0.2) is 0 Å². The summed E-state index contributed by atoms with van der Waals surface area (Å²) in [7, 11) is 0. The van der Waals surface area contributed by atoms with Crippen molar-refractivity contribution in [3.63, 3.8) is 0 Å². The number of hydrogen-bond donors (Lipinski definition) is 1. The van der Waals surface area contributed by atoms with Gasteiger partial charge in [-0.2, -0.15) is 0 Å². The molecule has 0 aliphatic rings. The Kier molecular flexibility index (Phi) is 4.11. The fourth-order valence-corrected chi connectivity index (χ4v) is 1.60. The number of carbonyl (C=O) groups excluding carboxylic acids is 1. The number of hydrogen-bond acceptors (Lipinski definition) is 3. The van der Waals surface area contributed by atoms with Crippen molar-refractivity contribution in [3.05, 3.63) is 53.7 Å². The zero-order valence-corrected chi connectivity index (χ0v) is 10.9. The highest BCUT2D eigenvalue weighted by atomic mass is 19.4. The lowest BCUT2D eigenvalue weighted by Gasteiger charge is -2.10. The highest BCUT2D eigenvalue weighted by Gasteiger charge is 2.31.